The van der Waals surface area contributed by atoms with E-state index in [-0.39, 0.29) is 6.42 Å². The second kappa shape index (κ2) is 4.02. The average Bonchev–Trinajstić information content (AvgIpc) is 1.68. The van der Waals surface area contributed by atoms with E-state index >= 15 is 0 Å². The van der Waals surface area contributed by atoms with Crippen LogP contribution in [0.4, 0.5) is 4.39 Å². The Labute approximate surface area is 41.6 Å². The molecule has 0 aliphatic heterocycles. The highest BCUT2D eigenvalue weighted by Crippen LogP contribution is 1.88. The van der Waals surface area contributed by atoms with Gasteiger partial charge in [0.05, 0.1) is 12.8 Å². The minimum Gasteiger partial charge on any atom is -0.390 e. The van der Waals surface area contributed by atoms with Crippen LogP contribution in [0.3, 0.4) is 0 Å². The number of aliphatic hydroxyl groups is 1. The Morgan fingerprint density at radius 2 is 2.29 bits per heavy atom. The smallest absolute Gasteiger partial charge is 0.108 e. The van der Waals surface area contributed by atoms with Crippen LogP contribution in [0.15, 0.2) is 0 Å². The van der Waals surface area contributed by atoms with Crippen LogP contribution in [0.2, 0.25) is 0 Å². The molecule has 0 aliphatic rings. The van der Waals surface area contributed by atoms with Gasteiger partial charge in [0.2, 0.25) is 0 Å². The molecule has 0 amide bonds. The highest BCUT2D eigenvalue weighted by molar-refractivity contribution is 4.48. The van der Waals surface area contributed by atoms with Crippen LogP contribution >= 0.6 is 0 Å². The van der Waals surface area contributed by atoms with Gasteiger partial charge in [0.25, 0.3) is 0 Å². The summed E-state index contributed by atoms with van der Waals surface area (Å²) in [5, 5.41) is 17.9. The normalized spacial score (nSPS) is 14.1. The standard InChI is InChI=1S/C4H8FO2/c5-2-1-4(7)3-6/h4,7H,1-3H2. The maximum absolute atomic E-state index is 11.1. The molecular formula is C4H8FO2. The third-order valence-electron chi connectivity index (χ3n) is 0.635. The van der Waals surface area contributed by atoms with E-state index < -0.39 is 19.4 Å². The molecule has 1 atom stereocenters. The minimum atomic E-state index is -0.981. The molecule has 43 valence electrons. The van der Waals surface area contributed by atoms with Crippen LogP contribution in [0, 0.1) is 0 Å². The number of rotatable bonds is 3. The monoisotopic (exact) mass is 107 g/mol. The summed E-state index contributed by atoms with van der Waals surface area (Å²) < 4.78 is 11.1. The van der Waals surface area contributed by atoms with Gasteiger partial charge < -0.3 is 5.11 Å². The van der Waals surface area contributed by atoms with Crippen molar-refractivity contribution in [3.8, 4) is 0 Å². The third kappa shape index (κ3) is 3.69. The number of halogens is 1. The first-order valence-electron chi connectivity index (χ1n) is 2.13. The fourth-order valence-corrected chi connectivity index (χ4v) is 0.209. The molecule has 1 radical (unpaired) electrons. The first-order chi connectivity index (χ1) is 3.31. The Hall–Kier alpha value is -0.150. The molecule has 0 heterocycles. The van der Waals surface area contributed by atoms with Gasteiger partial charge in [0, 0.05) is 6.42 Å². The van der Waals surface area contributed by atoms with Crippen LogP contribution in [-0.2, 0) is 5.11 Å². The van der Waals surface area contributed by atoms with Crippen LogP contribution in [-0.4, -0.2) is 24.5 Å². The van der Waals surface area contributed by atoms with Crippen molar-refractivity contribution in [2.75, 3.05) is 13.3 Å². The third-order valence-corrected chi connectivity index (χ3v) is 0.635. The quantitative estimate of drug-likeness (QED) is 0.547. The van der Waals surface area contributed by atoms with Crippen LogP contribution < -0.4 is 0 Å². The second-order valence-corrected chi connectivity index (χ2v) is 1.30. The first kappa shape index (κ1) is 6.85. The predicted molar refractivity (Wildman–Crippen MR) is 22.2 cm³/mol. The summed E-state index contributed by atoms with van der Waals surface area (Å²) in [7, 11) is 0. The molecule has 0 spiro atoms. The Kier molecular flexibility index (Phi) is 3.93. The van der Waals surface area contributed by atoms with Gasteiger partial charge in [-0.25, -0.2) is 5.11 Å². The van der Waals surface area contributed by atoms with Crippen LogP contribution in [0.1, 0.15) is 6.42 Å². The Bertz CT molecular complexity index is 40.7. The van der Waals surface area contributed by atoms with E-state index in [1.165, 1.54) is 0 Å². The Balaban J connectivity index is 2.83. The van der Waals surface area contributed by atoms with Gasteiger partial charge in [-0.2, -0.15) is 0 Å². The largest absolute Gasteiger partial charge is 0.390 e. The topological polar surface area (TPSA) is 40.1 Å². The molecule has 0 aromatic rings. The summed E-state index contributed by atoms with van der Waals surface area (Å²) >= 11 is 0. The van der Waals surface area contributed by atoms with Crippen molar-refractivity contribution in [1.82, 2.24) is 0 Å². The van der Waals surface area contributed by atoms with Gasteiger partial charge in [-0.1, -0.05) is 0 Å². The van der Waals surface area contributed by atoms with Crippen molar-refractivity contribution in [2.45, 2.75) is 12.5 Å². The van der Waals surface area contributed by atoms with Crippen molar-refractivity contribution in [3.63, 3.8) is 0 Å². The number of aliphatic hydroxyl groups excluding tert-OH is 1. The summed E-state index contributed by atoms with van der Waals surface area (Å²) in [4.78, 5) is 0. The van der Waals surface area contributed by atoms with E-state index in [2.05, 4.69) is 0 Å². The lowest BCUT2D eigenvalue weighted by Crippen LogP contribution is -2.10. The zero-order valence-corrected chi connectivity index (χ0v) is 3.93. The lowest BCUT2D eigenvalue weighted by Gasteiger charge is -1.97. The molecule has 0 fully saturated rings. The lowest BCUT2D eigenvalue weighted by atomic mass is 10.3. The van der Waals surface area contributed by atoms with E-state index in [4.69, 9.17) is 5.11 Å². The predicted octanol–water partition coefficient (Wildman–Crippen LogP) is 0.137. The zero-order chi connectivity index (χ0) is 5.70. The van der Waals surface area contributed by atoms with E-state index in [0.717, 1.165) is 0 Å². The van der Waals surface area contributed by atoms with E-state index in [1.807, 2.05) is 0 Å². The van der Waals surface area contributed by atoms with Gasteiger partial charge in [0.1, 0.15) is 6.61 Å². The summed E-state index contributed by atoms with van der Waals surface area (Å²) in [5.41, 5.74) is 0. The molecular weight excluding hydrogens is 99.0 g/mol. The number of hydrogen-bond acceptors (Lipinski definition) is 1. The van der Waals surface area contributed by atoms with E-state index in [1.54, 1.807) is 0 Å². The molecule has 0 aromatic heterocycles. The van der Waals surface area contributed by atoms with E-state index in [9.17, 15) is 9.50 Å². The number of hydrogen-bond donors (Lipinski definition) is 1. The van der Waals surface area contributed by atoms with Crippen LogP contribution in [0.5, 0.6) is 0 Å². The van der Waals surface area contributed by atoms with Crippen LogP contribution in [0.25, 0.3) is 0 Å². The van der Waals surface area contributed by atoms with Crippen molar-refractivity contribution in [2.24, 2.45) is 0 Å². The SMILES string of the molecule is [O]CC(O)CCF. The fourth-order valence-electron chi connectivity index (χ4n) is 0.209. The molecule has 7 heavy (non-hydrogen) atoms. The molecule has 0 bridgehead atoms. The van der Waals surface area contributed by atoms with Crippen molar-refractivity contribution in [1.29, 1.82) is 0 Å². The average molecular weight is 107 g/mol. The molecule has 0 aliphatic carbocycles. The highest BCUT2D eigenvalue weighted by Gasteiger charge is 1.99. The molecule has 3 heteroatoms. The minimum absolute atomic E-state index is 0.0243. The molecule has 0 rings (SSSR count). The Morgan fingerprint density at radius 1 is 1.71 bits per heavy atom. The highest BCUT2D eigenvalue weighted by atomic mass is 19.1. The molecule has 1 N–H and O–H groups in total. The summed E-state index contributed by atoms with van der Waals surface area (Å²) in [6.45, 7) is -1.20. The molecule has 0 saturated carbocycles. The van der Waals surface area contributed by atoms with Gasteiger partial charge in [-0.15, -0.1) is 0 Å². The van der Waals surface area contributed by atoms with Crippen molar-refractivity contribution in [3.05, 3.63) is 0 Å². The maximum atomic E-state index is 11.1. The summed E-state index contributed by atoms with van der Waals surface area (Å²) in [6.07, 6.45) is -1.01. The fraction of sp³-hybridized carbons (Fsp3) is 1.00. The van der Waals surface area contributed by atoms with Gasteiger partial charge in [-0.3, -0.25) is 4.39 Å². The van der Waals surface area contributed by atoms with Gasteiger partial charge in [0.15, 0.2) is 0 Å². The summed E-state index contributed by atoms with van der Waals surface area (Å²) in [5.74, 6) is 0. The molecule has 1 unspecified atom stereocenters. The zero-order valence-electron chi connectivity index (χ0n) is 3.93. The maximum Gasteiger partial charge on any atom is 0.108 e. The number of alkyl halides is 1. The molecule has 0 saturated heterocycles. The first-order valence-corrected chi connectivity index (χ1v) is 2.13. The molecule has 2 nitrogen and oxygen atoms in total. The Morgan fingerprint density at radius 3 is 2.43 bits per heavy atom. The summed E-state index contributed by atoms with van der Waals surface area (Å²) in [6, 6.07) is 0. The van der Waals surface area contributed by atoms with Crippen molar-refractivity contribution < 1.29 is 14.6 Å². The molecule has 0 aromatic carbocycles. The van der Waals surface area contributed by atoms with Gasteiger partial charge in [-0.05, 0) is 0 Å². The lowest BCUT2D eigenvalue weighted by molar-refractivity contribution is 0.0460. The second-order valence-electron chi connectivity index (χ2n) is 1.30. The van der Waals surface area contributed by atoms with Crippen molar-refractivity contribution >= 4 is 0 Å². The van der Waals surface area contributed by atoms with E-state index in [0.29, 0.717) is 0 Å². The van der Waals surface area contributed by atoms with Gasteiger partial charge >= 0.3 is 0 Å².